The summed E-state index contributed by atoms with van der Waals surface area (Å²) in [5.41, 5.74) is 5.31. The number of rotatable bonds is 1. The summed E-state index contributed by atoms with van der Waals surface area (Å²) in [7, 11) is 0. The first-order valence-corrected chi connectivity index (χ1v) is 8.54. The maximum atomic E-state index is 5.88. The Morgan fingerprint density at radius 3 is 2.57 bits per heavy atom. The van der Waals surface area contributed by atoms with E-state index in [4.69, 9.17) is 9.40 Å². The first-order chi connectivity index (χ1) is 10.2. The van der Waals surface area contributed by atoms with Crippen LogP contribution in [0.3, 0.4) is 0 Å². The number of fused-ring (bicyclic) bond motifs is 3. The average Bonchev–Trinajstić information content (AvgIpc) is 2.84. The van der Waals surface area contributed by atoms with Gasteiger partial charge in [-0.25, -0.2) is 0 Å². The van der Waals surface area contributed by atoms with Crippen molar-refractivity contribution in [2.75, 3.05) is 0 Å². The second kappa shape index (κ2) is 4.92. The van der Waals surface area contributed by atoms with E-state index < -0.39 is 0 Å². The number of aryl methyl sites for hydroxylation is 1. The summed E-state index contributed by atoms with van der Waals surface area (Å²) in [5.74, 6) is 0. The molecule has 0 spiro atoms. The van der Waals surface area contributed by atoms with E-state index in [-0.39, 0.29) is 0 Å². The zero-order valence-corrected chi connectivity index (χ0v) is 15.0. The second-order valence-electron chi connectivity index (χ2n) is 5.20. The van der Waals surface area contributed by atoms with Crippen molar-refractivity contribution in [1.29, 1.82) is 0 Å². The van der Waals surface area contributed by atoms with E-state index in [9.17, 15) is 0 Å². The van der Waals surface area contributed by atoms with E-state index in [0.29, 0.717) is 0 Å². The first-order valence-electron chi connectivity index (χ1n) is 6.80. The van der Waals surface area contributed by atoms with Gasteiger partial charge in [-0.1, -0.05) is 0 Å². The summed E-state index contributed by atoms with van der Waals surface area (Å²) in [6.07, 6.45) is 0. The van der Waals surface area contributed by atoms with Crippen molar-refractivity contribution < 1.29 is 4.42 Å². The first kappa shape index (κ1) is 13.0. The van der Waals surface area contributed by atoms with E-state index in [0.717, 1.165) is 36.6 Å². The van der Waals surface area contributed by atoms with Crippen LogP contribution in [0.1, 0.15) is 5.56 Å². The van der Waals surface area contributed by atoms with Crippen LogP contribution >= 0.6 is 0 Å². The molecule has 0 saturated heterocycles. The molecule has 0 bridgehead atoms. The van der Waals surface area contributed by atoms with Crippen LogP contribution in [0.15, 0.2) is 59.0 Å². The van der Waals surface area contributed by atoms with Crippen LogP contribution in [0, 0.1) is 6.92 Å². The molecule has 2 aromatic carbocycles. The Morgan fingerprint density at radius 2 is 1.71 bits per heavy atom. The van der Waals surface area contributed by atoms with Crippen molar-refractivity contribution in [2.24, 2.45) is 0 Å². The summed E-state index contributed by atoms with van der Waals surface area (Å²) in [4.78, 5) is 4.69. The molecule has 0 N–H and O–H groups in total. The third-order valence-corrected chi connectivity index (χ3v) is 4.52. The predicted molar refractivity (Wildman–Crippen MR) is 87.1 cm³/mol. The van der Waals surface area contributed by atoms with Crippen LogP contribution < -0.4 is 3.40 Å². The summed E-state index contributed by atoms with van der Waals surface area (Å²) in [6.45, 7) is 2.12. The summed E-state index contributed by atoms with van der Waals surface area (Å²) >= 11 is 1.18. The molecule has 100 valence electrons. The van der Waals surface area contributed by atoms with E-state index in [1.165, 1.54) is 30.3 Å². The molecule has 0 unspecified atom stereocenters. The third-order valence-electron chi connectivity index (χ3n) is 3.63. The van der Waals surface area contributed by atoms with Crippen LogP contribution in [0.2, 0.25) is 0 Å². The predicted octanol–water partition coefficient (Wildman–Crippen LogP) is 3.75. The van der Waals surface area contributed by atoms with E-state index >= 15 is 0 Å². The van der Waals surface area contributed by atoms with Gasteiger partial charge in [-0.15, -0.1) is 0 Å². The van der Waals surface area contributed by atoms with Crippen LogP contribution in [0.25, 0.3) is 33.2 Å². The topological polar surface area (TPSA) is 26.0 Å². The van der Waals surface area contributed by atoms with Crippen molar-refractivity contribution in [3.63, 3.8) is 0 Å². The summed E-state index contributed by atoms with van der Waals surface area (Å²) in [6, 6.07) is 18.7. The molecule has 2 radical (unpaired) electrons. The number of para-hydroxylation sites is 1. The van der Waals surface area contributed by atoms with Crippen LogP contribution in [0.5, 0.6) is 0 Å². The monoisotopic (exact) mass is 467 g/mol. The molecule has 2 heterocycles. The standard InChI is InChI=1S/C18H12NO.Bi/c1-12-8-9-19-16(10-12)13-6-7-18-15(11-13)14-4-2-3-5-17(14)20-18;/h2-8,10-11H,1H3;. The second-order valence-corrected chi connectivity index (χ2v) is 6.98. The molecular formula is C18H12BiNO. The Bertz CT molecular complexity index is 951. The summed E-state index contributed by atoms with van der Waals surface area (Å²) in [5, 5.41) is 2.31. The van der Waals surface area contributed by atoms with Gasteiger partial charge in [-0.05, 0) is 0 Å². The van der Waals surface area contributed by atoms with Gasteiger partial charge in [0, 0.05) is 0 Å². The molecule has 0 atom stereocenters. The number of benzene rings is 2. The normalized spacial score (nSPS) is 11.3. The SMILES string of the molecule is Cc1c[c]([Bi])nc(-c2ccc3oc4ccccc4c3c2)c1. The van der Waals surface area contributed by atoms with Crippen molar-refractivity contribution >= 4 is 50.1 Å². The Kier molecular flexibility index (Phi) is 3.04. The van der Waals surface area contributed by atoms with Crippen LogP contribution in [0.4, 0.5) is 0 Å². The molecule has 2 nitrogen and oxygen atoms in total. The number of aromatic nitrogens is 1. The molecule has 2 aromatic heterocycles. The number of pyridine rings is 1. The van der Waals surface area contributed by atoms with Crippen LogP contribution in [-0.2, 0) is 0 Å². The molecule has 21 heavy (non-hydrogen) atoms. The molecule has 0 saturated carbocycles. The average molecular weight is 467 g/mol. The molecule has 4 rings (SSSR count). The Labute approximate surface area is 137 Å². The maximum absolute atomic E-state index is 5.88. The van der Waals surface area contributed by atoms with Crippen molar-refractivity contribution in [1.82, 2.24) is 4.98 Å². The van der Waals surface area contributed by atoms with Gasteiger partial charge in [0.25, 0.3) is 0 Å². The fourth-order valence-electron chi connectivity index (χ4n) is 2.68. The molecule has 0 aliphatic heterocycles. The minimum atomic E-state index is 0.928. The Balaban J connectivity index is 1.99. The fraction of sp³-hybridized carbons (Fsp3) is 0.0556. The van der Waals surface area contributed by atoms with E-state index in [1.54, 1.807) is 0 Å². The molecule has 0 aliphatic carbocycles. The van der Waals surface area contributed by atoms with Gasteiger partial charge in [0.2, 0.25) is 0 Å². The van der Waals surface area contributed by atoms with Gasteiger partial charge < -0.3 is 0 Å². The van der Waals surface area contributed by atoms with Gasteiger partial charge in [0.15, 0.2) is 0 Å². The number of hydrogen-bond acceptors (Lipinski definition) is 2. The molecule has 4 aromatic rings. The Morgan fingerprint density at radius 1 is 0.905 bits per heavy atom. The van der Waals surface area contributed by atoms with Gasteiger partial charge in [-0.3, -0.25) is 0 Å². The van der Waals surface area contributed by atoms with Crippen molar-refractivity contribution in [3.05, 3.63) is 60.2 Å². The van der Waals surface area contributed by atoms with E-state index in [1.807, 2.05) is 24.3 Å². The van der Waals surface area contributed by atoms with Gasteiger partial charge in [-0.2, -0.15) is 0 Å². The third kappa shape index (κ3) is 2.26. The molecule has 3 heteroatoms. The van der Waals surface area contributed by atoms with E-state index in [2.05, 4.69) is 37.3 Å². The van der Waals surface area contributed by atoms with Crippen LogP contribution in [-0.4, -0.2) is 29.7 Å². The van der Waals surface area contributed by atoms with Gasteiger partial charge in [0.05, 0.1) is 0 Å². The quantitative estimate of drug-likeness (QED) is 0.399. The zero-order valence-electron chi connectivity index (χ0n) is 11.5. The Hall–Kier alpha value is -1.73. The van der Waals surface area contributed by atoms with Gasteiger partial charge in [0.1, 0.15) is 0 Å². The van der Waals surface area contributed by atoms with Gasteiger partial charge >= 0.3 is 138 Å². The number of nitrogens with zero attached hydrogens (tertiary/aromatic N) is 1. The van der Waals surface area contributed by atoms with Crippen molar-refractivity contribution in [3.8, 4) is 11.3 Å². The number of hydrogen-bond donors (Lipinski definition) is 0. The molecule has 0 fully saturated rings. The zero-order chi connectivity index (χ0) is 14.4. The minimum absolute atomic E-state index is 0.928. The fourth-order valence-corrected chi connectivity index (χ4v) is 3.89. The summed E-state index contributed by atoms with van der Waals surface area (Å²) < 4.78 is 7.03. The number of furan rings is 1. The molecular weight excluding hydrogens is 455 g/mol. The molecule has 0 aliphatic rings. The molecule has 0 amide bonds. The van der Waals surface area contributed by atoms with Crippen molar-refractivity contribution in [2.45, 2.75) is 6.92 Å².